The molecule has 128 valence electrons. The zero-order chi connectivity index (χ0) is 16.8. The van der Waals surface area contributed by atoms with Gasteiger partial charge in [0.2, 0.25) is 0 Å². The highest BCUT2D eigenvalue weighted by molar-refractivity contribution is 5.37. The van der Waals surface area contributed by atoms with Crippen molar-refractivity contribution in [2.45, 2.75) is 51.4 Å². The number of hydrogen-bond donors (Lipinski definition) is 1. The summed E-state index contributed by atoms with van der Waals surface area (Å²) in [5, 5.41) is 0. The van der Waals surface area contributed by atoms with Crippen molar-refractivity contribution in [3.63, 3.8) is 0 Å². The number of rotatable bonds is 7. The molecule has 2 nitrogen and oxygen atoms in total. The van der Waals surface area contributed by atoms with Gasteiger partial charge in [0.15, 0.2) is 0 Å². The Balaban J connectivity index is 1.75. The molecule has 0 heterocycles. The van der Waals surface area contributed by atoms with Gasteiger partial charge < -0.3 is 10.5 Å². The van der Waals surface area contributed by atoms with Crippen LogP contribution in [0.1, 0.15) is 54.4 Å². The predicted octanol–water partition coefficient (Wildman–Crippen LogP) is 4.64. The molecule has 24 heavy (non-hydrogen) atoms. The van der Waals surface area contributed by atoms with Crippen molar-refractivity contribution in [3.05, 3.63) is 64.7 Å². The Kier molecular flexibility index (Phi) is 5.92. The molecule has 1 aliphatic rings. The summed E-state index contributed by atoms with van der Waals surface area (Å²) in [6.45, 7) is 3.58. The average Bonchev–Trinajstić information content (AvgIpc) is 2.64. The number of benzene rings is 2. The van der Waals surface area contributed by atoms with Gasteiger partial charge in [-0.1, -0.05) is 37.3 Å². The van der Waals surface area contributed by atoms with Crippen molar-refractivity contribution in [3.8, 4) is 5.75 Å². The fraction of sp³-hybridized carbons (Fsp3) is 0.455. The summed E-state index contributed by atoms with van der Waals surface area (Å²) in [6.07, 6.45) is 7.11. The van der Waals surface area contributed by atoms with Crippen molar-refractivity contribution in [2.24, 2.45) is 5.73 Å². The molecule has 0 fully saturated rings. The maximum absolute atomic E-state index is 6.12. The Labute approximate surface area is 146 Å². The second-order valence-electron chi connectivity index (χ2n) is 6.87. The lowest BCUT2D eigenvalue weighted by molar-refractivity contribution is 0.317. The molecule has 2 aromatic rings. The Morgan fingerprint density at radius 2 is 1.88 bits per heavy atom. The van der Waals surface area contributed by atoms with Gasteiger partial charge in [-0.2, -0.15) is 0 Å². The molecule has 0 saturated carbocycles. The van der Waals surface area contributed by atoms with E-state index < -0.39 is 0 Å². The Morgan fingerprint density at radius 1 is 1.04 bits per heavy atom. The molecule has 1 atom stereocenters. The fourth-order valence-electron chi connectivity index (χ4n) is 3.61. The summed E-state index contributed by atoms with van der Waals surface area (Å²) >= 11 is 0. The smallest absolute Gasteiger partial charge is 0.119 e. The third-order valence-electron chi connectivity index (χ3n) is 4.98. The summed E-state index contributed by atoms with van der Waals surface area (Å²) in [4.78, 5) is 0. The van der Waals surface area contributed by atoms with Crippen LogP contribution >= 0.6 is 0 Å². The summed E-state index contributed by atoms with van der Waals surface area (Å²) in [5.41, 5.74) is 11.9. The van der Waals surface area contributed by atoms with Gasteiger partial charge in [0.1, 0.15) is 5.75 Å². The van der Waals surface area contributed by atoms with E-state index in [0.29, 0.717) is 12.5 Å². The molecule has 2 N–H and O–H groups in total. The molecule has 0 saturated heterocycles. The molecule has 1 unspecified atom stereocenters. The number of nitrogens with two attached hydrogens (primary N) is 1. The van der Waals surface area contributed by atoms with Crippen LogP contribution in [0.2, 0.25) is 0 Å². The van der Waals surface area contributed by atoms with E-state index in [4.69, 9.17) is 10.5 Å². The van der Waals surface area contributed by atoms with Crippen molar-refractivity contribution in [1.82, 2.24) is 0 Å². The lowest BCUT2D eigenvalue weighted by Gasteiger charge is -2.21. The number of hydrogen-bond acceptors (Lipinski definition) is 2. The van der Waals surface area contributed by atoms with Crippen LogP contribution in [0.3, 0.4) is 0 Å². The van der Waals surface area contributed by atoms with Crippen molar-refractivity contribution < 1.29 is 4.74 Å². The van der Waals surface area contributed by atoms with Gasteiger partial charge in [-0.15, -0.1) is 0 Å². The number of aryl methyl sites for hydroxylation is 2. The minimum Gasteiger partial charge on any atom is -0.494 e. The highest BCUT2D eigenvalue weighted by Crippen LogP contribution is 2.28. The number of ether oxygens (including phenoxy) is 1. The van der Waals surface area contributed by atoms with Crippen LogP contribution < -0.4 is 10.5 Å². The standard InChI is InChI=1S/C22H29NO/c1-2-12-24-22-9-5-6-17(14-22)13-21(16-23)20-11-10-18-7-3-4-8-19(18)15-20/h5-6,9-11,14-15,21H,2-4,7-8,12-13,16,23H2,1H3. The highest BCUT2D eigenvalue weighted by atomic mass is 16.5. The molecule has 2 heteroatoms. The summed E-state index contributed by atoms with van der Waals surface area (Å²) in [7, 11) is 0. The molecular weight excluding hydrogens is 294 g/mol. The molecule has 0 bridgehead atoms. The van der Waals surface area contributed by atoms with Crippen LogP contribution in [0.25, 0.3) is 0 Å². The monoisotopic (exact) mass is 323 g/mol. The summed E-state index contributed by atoms with van der Waals surface area (Å²) in [6, 6.07) is 15.5. The molecule has 3 rings (SSSR count). The van der Waals surface area contributed by atoms with E-state index in [9.17, 15) is 0 Å². The first kappa shape index (κ1) is 17.0. The van der Waals surface area contributed by atoms with Gasteiger partial charge >= 0.3 is 0 Å². The molecule has 1 aliphatic carbocycles. The van der Waals surface area contributed by atoms with Crippen LogP contribution in [0.15, 0.2) is 42.5 Å². The maximum atomic E-state index is 6.12. The van der Waals surface area contributed by atoms with E-state index in [1.807, 2.05) is 6.07 Å². The predicted molar refractivity (Wildman–Crippen MR) is 101 cm³/mol. The highest BCUT2D eigenvalue weighted by Gasteiger charge is 2.15. The largest absolute Gasteiger partial charge is 0.494 e. The average molecular weight is 323 g/mol. The van der Waals surface area contributed by atoms with Crippen LogP contribution in [0, 0.1) is 0 Å². The van der Waals surface area contributed by atoms with E-state index in [2.05, 4.69) is 43.3 Å². The lowest BCUT2D eigenvalue weighted by Crippen LogP contribution is -2.16. The first-order valence-corrected chi connectivity index (χ1v) is 9.33. The van der Waals surface area contributed by atoms with Crippen molar-refractivity contribution in [1.29, 1.82) is 0 Å². The molecule has 2 aromatic carbocycles. The van der Waals surface area contributed by atoms with E-state index in [0.717, 1.165) is 25.2 Å². The normalized spacial score (nSPS) is 14.9. The first-order chi connectivity index (χ1) is 11.8. The van der Waals surface area contributed by atoms with Crippen LogP contribution in [-0.2, 0) is 19.3 Å². The van der Waals surface area contributed by atoms with E-state index >= 15 is 0 Å². The van der Waals surface area contributed by atoms with Crippen LogP contribution in [0.5, 0.6) is 5.75 Å². The van der Waals surface area contributed by atoms with Crippen molar-refractivity contribution in [2.75, 3.05) is 13.2 Å². The third kappa shape index (κ3) is 4.18. The van der Waals surface area contributed by atoms with Crippen LogP contribution in [-0.4, -0.2) is 13.2 Å². The van der Waals surface area contributed by atoms with Gasteiger partial charge in [-0.05, 0) is 79.5 Å². The molecule has 0 aromatic heterocycles. The Morgan fingerprint density at radius 3 is 2.67 bits per heavy atom. The van der Waals surface area contributed by atoms with Gasteiger partial charge in [-0.25, -0.2) is 0 Å². The summed E-state index contributed by atoms with van der Waals surface area (Å²) in [5.74, 6) is 1.34. The third-order valence-corrected chi connectivity index (χ3v) is 4.98. The first-order valence-electron chi connectivity index (χ1n) is 9.33. The fourth-order valence-corrected chi connectivity index (χ4v) is 3.61. The Bertz CT molecular complexity index is 665. The lowest BCUT2D eigenvalue weighted by atomic mass is 9.85. The van der Waals surface area contributed by atoms with Gasteiger partial charge in [0.25, 0.3) is 0 Å². The van der Waals surface area contributed by atoms with E-state index in [1.165, 1.54) is 47.9 Å². The second-order valence-corrected chi connectivity index (χ2v) is 6.87. The zero-order valence-corrected chi connectivity index (χ0v) is 14.8. The molecular formula is C22H29NO. The zero-order valence-electron chi connectivity index (χ0n) is 14.8. The van der Waals surface area contributed by atoms with Crippen molar-refractivity contribution >= 4 is 0 Å². The summed E-state index contributed by atoms with van der Waals surface area (Å²) < 4.78 is 5.76. The minimum absolute atomic E-state index is 0.374. The molecule has 0 radical (unpaired) electrons. The number of fused-ring (bicyclic) bond motifs is 1. The van der Waals surface area contributed by atoms with Gasteiger partial charge in [0, 0.05) is 5.92 Å². The second kappa shape index (κ2) is 8.34. The van der Waals surface area contributed by atoms with E-state index in [-0.39, 0.29) is 0 Å². The SMILES string of the molecule is CCCOc1cccc(CC(CN)c2ccc3c(c2)CCCC3)c1. The Hall–Kier alpha value is -1.80. The molecule has 0 aliphatic heterocycles. The maximum Gasteiger partial charge on any atom is 0.119 e. The quantitative estimate of drug-likeness (QED) is 0.805. The van der Waals surface area contributed by atoms with E-state index in [1.54, 1.807) is 0 Å². The molecule has 0 amide bonds. The topological polar surface area (TPSA) is 35.2 Å². The van der Waals surface area contributed by atoms with Crippen LogP contribution in [0.4, 0.5) is 0 Å². The van der Waals surface area contributed by atoms with Gasteiger partial charge in [0.05, 0.1) is 6.61 Å². The van der Waals surface area contributed by atoms with Gasteiger partial charge in [-0.3, -0.25) is 0 Å². The minimum atomic E-state index is 0.374. The molecule has 0 spiro atoms.